The minimum atomic E-state index is 0.532. The van der Waals surface area contributed by atoms with Crippen molar-refractivity contribution >= 4 is 59.0 Å². The van der Waals surface area contributed by atoms with Crippen molar-refractivity contribution < 1.29 is 0 Å². The SMILES string of the molecule is [C-]#[N+]c1ccc2c(c1)c1cc(C#N)ccc1n2-c1ccc(-c2cccc3c2sc2ccccc23)cc1-c1nc(-c2ccccc2)nc(-c2ccccc2)n1. The lowest BCUT2D eigenvalue weighted by molar-refractivity contribution is 1.06. The van der Waals surface area contributed by atoms with Gasteiger partial charge in [0.25, 0.3) is 0 Å². The molecule has 250 valence electrons. The number of thiophene rings is 1. The van der Waals surface area contributed by atoms with E-state index < -0.39 is 0 Å². The average molecular weight is 707 g/mol. The van der Waals surface area contributed by atoms with Crippen molar-refractivity contribution in [2.24, 2.45) is 0 Å². The van der Waals surface area contributed by atoms with Gasteiger partial charge in [0.1, 0.15) is 0 Å². The molecule has 7 aromatic carbocycles. The standard InChI is InChI=1S/C47H26N6S/c1-49-33-21-24-41-38(27-33)37-25-29(28-48)19-22-40(37)53(41)42-23-20-32(34-16-10-17-36-35-15-8-9-18-43(35)54-44(34)36)26-39(42)47-51-45(30-11-4-2-5-12-30)50-46(52-47)31-13-6-3-7-14-31/h2-27H. The summed E-state index contributed by atoms with van der Waals surface area (Å²) in [5.41, 5.74) is 8.54. The maximum Gasteiger partial charge on any atom is 0.188 e. The van der Waals surface area contributed by atoms with Crippen molar-refractivity contribution in [3.05, 3.63) is 175 Å². The van der Waals surface area contributed by atoms with E-state index in [1.165, 1.54) is 20.2 Å². The summed E-state index contributed by atoms with van der Waals surface area (Å²) in [6.45, 7) is 7.75. The van der Waals surface area contributed by atoms with Gasteiger partial charge in [-0.3, -0.25) is 0 Å². The topological polar surface area (TPSA) is 71.8 Å². The molecule has 0 unspecified atom stereocenters. The number of fused-ring (bicyclic) bond motifs is 6. The number of nitriles is 1. The van der Waals surface area contributed by atoms with Crippen LogP contribution in [0.25, 0.3) is 97.8 Å². The zero-order valence-electron chi connectivity index (χ0n) is 28.6. The van der Waals surface area contributed by atoms with Gasteiger partial charge in [-0.05, 0) is 65.0 Å². The van der Waals surface area contributed by atoms with Crippen LogP contribution in [0, 0.1) is 17.9 Å². The van der Waals surface area contributed by atoms with Gasteiger partial charge in [-0.1, -0.05) is 109 Å². The molecule has 0 aliphatic rings. The van der Waals surface area contributed by atoms with E-state index in [4.69, 9.17) is 21.5 Å². The largest absolute Gasteiger partial charge is 0.309 e. The molecule has 0 aliphatic heterocycles. The summed E-state index contributed by atoms with van der Waals surface area (Å²) in [5.74, 6) is 1.68. The Balaban J connectivity index is 1.31. The lowest BCUT2D eigenvalue weighted by Gasteiger charge is -2.16. The summed E-state index contributed by atoms with van der Waals surface area (Å²) in [6.07, 6.45) is 0. The van der Waals surface area contributed by atoms with Crippen LogP contribution in [-0.4, -0.2) is 19.5 Å². The molecule has 10 aromatic rings. The third-order valence-electron chi connectivity index (χ3n) is 9.90. The van der Waals surface area contributed by atoms with E-state index in [1.807, 2.05) is 97.1 Å². The molecule has 0 saturated carbocycles. The number of hydrogen-bond donors (Lipinski definition) is 0. The van der Waals surface area contributed by atoms with E-state index in [2.05, 4.69) is 76.1 Å². The molecule has 0 amide bonds. The summed E-state index contributed by atoms with van der Waals surface area (Å²) < 4.78 is 4.66. The molecule has 3 aromatic heterocycles. The first kappa shape index (κ1) is 31.3. The second-order valence-corrected chi connectivity index (χ2v) is 14.1. The molecule has 7 heteroatoms. The fourth-order valence-electron chi connectivity index (χ4n) is 7.39. The summed E-state index contributed by atoms with van der Waals surface area (Å²) in [5, 5.41) is 14.1. The first-order valence-electron chi connectivity index (χ1n) is 17.4. The van der Waals surface area contributed by atoms with Crippen LogP contribution in [-0.2, 0) is 0 Å². The number of benzene rings is 7. The van der Waals surface area contributed by atoms with Crippen LogP contribution in [0.3, 0.4) is 0 Å². The minimum Gasteiger partial charge on any atom is -0.309 e. The van der Waals surface area contributed by atoms with E-state index in [9.17, 15) is 5.26 Å². The van der Waals surface area contributed by atoms with Crippen LogP contribution < -0.4 is 0 Å². The highest BCUT2D eigenvalue weighted by Crippen LogP contribution is 2.43. The predicted octanol–water partition coefficient (Wildman–Crippen LogP) is 12.4. The van der Waals surface area contributed by atoms with Crippen LogP contribution in [0.5, 0.6) is 0 Å². The Morgan fingerprint density at radius 1 is 0.537 bits per heavy atom. The van der Waals surface area contributed by atoms with Crippen molar-refractivity contribution in [2.45, 2.75) is 0 Å². The van der Waals surface area contributed by atoms with Crippen LogP contribution in [0.2, 0.25) is 0 Å². The van der Waals surface area contributed by atoms with Crippen LogP contribution in [0.4, 0.5) is 5.69 Å². The summed E-state index contributed by atoms with van der Waals surface area (Å²) in [6, 6.07) is 55.3. The van der Waals surface area contributed by atoms with Crippen LogP contribution in [0.15, 0.2) is 158 Å². The van der Waals surface area contributed by atoms with Crippen molar-refractivity contribution in [1.29, 1.82) is 5.26 Å². The number of nitrogens with zero attached hydrogens (tertiary/aromatic N) is 6. The Hall–Kier alpha value is -7.45. The van der Waals surface area contributed by atoms with Gasteiger partial charge in [0.05, 0.1) is 34.9 Å². The van der Waals surface area contributed by atoms with Gasteiger partial charge in [0.2, 0.25) is 0 Å². The van der Waals surface area contributed by atoms with E-state index in [-0.39, 0.29) is 0 Å². The van der Waals surface area contributed by atoms with Crippen LogP contribution >= 0.6 is 11.3 Å². The molecule has 0 radical (unpaired) electrons. The maximum atomic E-state index is 9.86. The molecule has 0 spiro atoms. The number of hydrogen-bond acceptors (Lipinski definition) is 5. The first-order valence-corrected chi connectivity index (χ1v) is 18.3. The van der Waals surface area contributed by atoms with Gasteiger partial charge < -0.3 is 4.57 Å². The molecule has 0 saturated heterocycles. The Kier molecular flexibility index (Phi) is 7.33. The van der Waals surface area contributed by atoms with Gasteiger partial charge in [0.15, 0.2) is 23.2 Å². The predicted molar refractivity (Wildman–Crippen MR) is 220 cm³/mol. The summed E-state index contributed by atoms with van der Waals surface area (Å²) in [7, 11) is 0. The molecular weight excluding hydrogens is 681 g/mol. The molecule has 6 nitrogen and oxygen atoms in total. The molecule has 0 atom stereocenters. The molecule has 0 fully saturated rings. The first-order chi connectivity index (χ1) is 26.7. The maximum absolute atomic E-state index is 9.86. The molecule has 0 bridgehead atoms. The monoisotopic (exact) mass is 706 g/mol. The summed E-state index contributed by atoms with van der Waals surface area (Å²) >= 11 is 1.80. The van der Waals surface area contributed by atoms with Crippen LogP contribution in [0.1, 0.15) is 5.56 Å². The third-order valence-corrected chi connectivity index (χ3v) is 11.1. The van der Waals surface area contributed by atoms with E-state index in [0.717, 1.165) is 55.3 Å². The van der Waals surface area contributed by atoms with E-state index in [0.29, 0.717) is 28.7 Å². The Labute approximate surface area is 314 Å². The lowest BCUT2D eigenvalue weighted by Crippen LogP contribution is -2.04. The second-order valence-electron chi connectivity index (χ2n) is 13.0. The Morgan fingerprint density at radius 3 is 1.91 bits per heavy atom. The molecule has 0 aliphatic carbocycles. The summed E-state index contributed by atoms with van der Waals surface area (Å²) in [4.78, 5) is 19.1. The molecule has 3 heterocycles. The van der Waals surface area contributed by atoms with Gasteiger partial charge >= 0.3 is 0 Å². The molecular formula is C47H26N6S. The quantitative estimate of drug-likeness (QED) is 0.167. The highest BCUT2D eigenvalue weighted by molar-refractivity contribution is 7.26. The van der Waals surface area contributed by atoms with Crippen molar-refractivity contribution in [2.75, 3.05) is 0 Å². The second kappa shape index (κ2) is 12.6. The van der Waals surface area contributed by atoms with Crippen molar-refractivity contribution in [3.63, 3.8) is 0 Å². The smallest absolute Gasteiger partial charge is 0.188 e. The molecule has 0 N–H and O–H groups in total. The van der Waals surface area contributed by atoms with Crippen molar-refractivity contribution in [1.82, 2.24) is 19.5 Å². The third kappa shape index (κ3) is 5.11. The molecule has 10 rings (SSSR count). The van der Waals surface area contributed by atoms with Crippen molar-refractivity contribution in [3.8, 4) is 57.0 Å². The fourth-order valence-corrected chi connectivity index (χ4v) is 8.63. The van der Waals surface area contributed by atoms with Gasteiger partial charge in [0, 0.05) is 42.2 Å². The number of rotatable bonds is 5. The Bertz CT molecular complexity index is 3060. The highest BCUT2D eigenvalue weighted by atomic mass is 32.1. The number of aromatic nitrogens is 4. The van der Waals surface area contributed by atoms with Gasteiger partial charge in [-0.2, -0.15) is 5.26 Å². The normalized spacial score (nSPS) is 11.3. The highest BCUT2D eigenvalue weighted by Gasteiger charge is 2.22. The van der Waals surface area contributed by atoms with E-state index >= 15 is 0 Å². The minimum absolute atomic E-state index is 0.532. The van der Waals surface area contributed by atoms with Gasteiger partial charge in [-0.15, -0.1) is 11.3 Å². The Morgan fingerprint density at radius 2 is 1.19 bits per heavy atom. The van der Waals surface area contributed by atoms with Gasteiger partial charge in [-0.25, -0.2) is 19.8 Å². The average Bonchev–Trinajstić information content (AvgIpc) is 3.79. The van der Waals surface area contributed by atoms with E-state index in [1.54, 1.807) is 11.3 Å². The zero-order valence-corrected chi connectivity index (χ0v) is 29.4. The lowest BCUT2D eigenvalue weighted by atomic mass is 9.99. The molecule has 54 heavy (non-hydrogen) atoms. The fraction of sp³-hybridized carbons (Fsp3) is 0. The zero-order chi connectivity index (χ0) is 36.2.